The van der Waals surface area contributed by atoms with Crippen molar-refractivity contribution in [3.8, 4) is 22.9 Å². The molecule has 1 aromatic heterocycles. The molecule has 2 aromatic carbocycles. The van der Waals surface area contributed by atoms with Gasteiger partial charge in [-0.2, -0.15) is 10.1 Å². The van der Waals surface area contributed by atoms with E-state index in [0.29, 0.717) is 28.6 Å². The highest BCUT2D eigenvalue weighted by molar-refractivity contribution is 6.25. The van der Waals surface area contributed by atoms with E-state index in [9.17, 15) is 9.59 Å². The number of hydrogen-bond acceptors (Lipinski definition) is 10. The van der Waals surface area contributed by atoms with Gasteiger partial charge in [0.1, 0.15) is 6.54 Å². The minimum atomic E-state index is -0.885. The van der Waals surface area contributed by atoms with Gasteiger partial charge in [-0.05, 0) is 30.3 Å². The molecule has 2 amide bonds. The number of fused-ring (bicyclic) bond motifs is 2. The van der Waals surface area contributed by atoms with Crippen molar-refractivity contribution in [1.82, 2.24) is 15.1 Å². The third-order valence-corrected chi connectivity index (χ3v) is 5.27. The van der Waals surface area contributed by atoms with Crippen LogP contribution in [0.5, 0.6) is 11.5 Å². The van der Waals surface area contributed by atoms with Gasteiger partial charge in [0.05, 0.1) is 5.69 Å². The second-order valence-corrected chi connectivity index (χ2v) is 7.12. The summed E-state index contributed by atoms with van der Waals surface area (Å²) < 4.78 is 16.0. The number of carbonyl (C=O) groups excluding carboxylic acids is 2. The van der Waals surface area contributed by atoms with Crippen molar-refractivity contribution in [2.45, 2.75) is 18.6 Å². The molecule has 0 saturated carbocycles. The highest BCUT2D eigenvalue weighted by atomic mass is 16.7. The Kier molecular flexibility index (Phi) is 3.75. The van der Waals surface area contributed by atoms with E-state index >= 15 is 0 Å². The van der Waals surface area contributed by atoms with Gasteiger partial charge in [-0.1, -0.05) is 28.6 Å². The van der Waals surface area contributed by atoms with E-state index < -0.39 is 18.0 Å². The Morgan fingerprint density at radius 3 is 2.71 bits per heavy atom. The minimum absolute atomic E-state index is 0.0455. The third kappa shape index (κ3) is 2.74. The lowest BCUT2D eigenvalue weighted by molar-refractivity contribution is -0.123. The van der Waals surface area contributed by atoms with Crippen molar-refractivity contribution in [2.24, 2.45) is 10.3 Å². The van der Waals surface area contributed by atoms with Crippen molar-refractivity contribution < 1.29 is 23.6 Å². The number of anilines is 1. The Bertz CT molecular complexity index is 1230. The largest absolute Gasteiger partial charge is 0.454 e. The number of aromatic nitrogens is 2. The maximum Gasteiger partial charge on any atom is 0.263 e. The maximum absolute atomic E-state index is 13.0. The van der Waals surface area contributed by atoms with Crippen LogP contribution in [0.2, 0.25) is 0 Å². The molecule has 31 heavy (non-hydrogen) atoms. The summed E-state index contributed by atoms with van der Waals surface area (Å²) >= 11 is 0. The lowest BCUT2D eigenvalue weighted by Crippen LogP contribution is -2.39. The monoisotopic (exact) mass is 418 g/mol. The fourth-order valence-corrected chi connectivity index (χ4v) is 3.80. The molecule has 3 aliphatic rings. The number of para-hydroxylation sites is 1. The van der Waals surface area contributed by atoms with Gasteiger partial charge in [0.25, 0.3) is 11.8 Å². The van der Waals surface area contributed by atoms with Crippen LogP contribution in [0, 0.1) is 0 Å². The van der Waals surface area contributed by atoms with E-state index in [1.165, 1.54) is 5.01 Å². The van der Waals surface area contributed by atoms with Crippen LogP contribution in [-0.2, 0) is 16.1 Å². The van der Waals surface area contributed by atoms with E-state index in [2.05, 4.69) is 20.5 Å². The Hall–Kier alpha value is -4.28. The number of imide groups is 1. The van der Waals surface area contributed by atoms with E-state index in [1.54, 1.807) is 42.5 Å². The van der Waals surface area contributed by atoms with Gasteiger partial charge in [0.2, 0.25) is 18.5 Å². The molecule has 4 heterocycles. The summed E-state index contributed by atoms with van der Waals surface area (Å²) in [5.41, 5.74) is 1.20. The van der Waals surface area contributed by atoms with Crippen LogP contribution in [-0.4, -0.2) is 45.8 Å². The van der Waals surface area contributed by atoms with Crippen LogP contribution < -0.4 is 14.4 Å². The second kappa shape index (κ2) is 6.62. The van der Waals surface area contributed by atoms with Crippen LogP contribution in [0.3, 0.4) is 0 Å². The molecule has 154 valence electrons. The molecule has 2 atom stereocenters. The van der Waals surface area contributed by atoms with Crippen LogP contribution in [0.4, 0.5) is 5.69 Å². The molecule has 3 aliphatic heterocycles. The van der Waals surface area contributed by atoms with Gasteiger partial charge in [0, 0.05) is 5.56 Å². The molecular formula is C20H14N6O5. The average Bonchev–Trinajstić information content (AvgIpc) is 3.56. The van der Waals surface area contributed by atoms with E-state index in [-0.39, 0.29) is 25.1 Å². The summed E-state index contributed by atoms with van der Waals surface area (Å²) in [5.74, 6) is 1.08. The summed E-state index contributed by atoms with van der Waals surface area (Å²) in [7, 11) is 0. The minimum Gasteiger partial charge on any atom is -0.454 e. The Balaban J connectivity index is 1.22. The van der Waals surface area contributed by atoms with Crippen LogP contribution in [0.1, 0.15) is 5.89 Å². The zero-order valence-corrected chi connectivity index (χ0v) is 15.9. The molecule has 11 nitrogen and oxygen atoms in total. The molecule has 3 aromatic rings. The highest BCUT2D eigenvalue weighted by Crippen LogP contribution is 2.36. The normalized spacial score (nSPS) is 21.3. The molecule has 0 aliphatic carbocycles. The average molecular weight is 418 g/mol. The van der Waals surface area contributed by atoms with Crippen molar-refractivity contribution >= 4 is 17.5 Å². The summed E-state index contributed by atoms with van der Waals surface area (Å²) in [4.78, 5) is 31.2. The lowest BCUT2D eigenvalue weighted by atomic mass is 10.1. The smallest absolute Gasteiger partial charge is 0.263 e. The number of ether oxygens (including phenoxy) is 2. The van der Waals surface area contributed by atoms with Crippen molar-refractivity contribution in [1.29, 1.82) is 0 Å². The Morgan fingerprint density at radius 2 is 1.84 bits per heavy atom. The first-order valence-corrected chi connectivity index (χ1v) is 9.52. The fourth-order valence-electron chi connectivity index (χ4n) is 3.80. The van der Waals surface area contributed by atoms with Crippen molar-refractivity contribution in [3.63, 3.8) is 0 Å². The molecule has 2 unspecified atom stereocenters. The van der Waals surface area contributed by atoms with E-state index in [4.69, 9.17) is 14.0 Å². The first-order valence-electron chi connectivity index (χ1n) is 9.52. The topological polar surface area (TPSA) is 123 Å². The zero-order valence-electron chi connectivity index (χ0n) is 15.9. The molecule has 0 N–H and O–H groups in total. The van der Waals surface area contributed by atoms with Gasteiger partial charge < -0.3 is 14.0 Å². The molecular weight excluding hydrogens is 404 g/mol. The molecule has 0 bridgehead atoms. The fraction of sp³-hybridized carbons (Fsp3) is 0.200. The molecule has 6 rings (SSSR count). The van der Waals surface area contributed by atoms with Crippen LogP contribution >= 0.6 is 0 Å². The van der Waals surface area contributed by atoms with E-state index in [1.807, 2.05) is 6.07 Å². The standard InChI is InChI=1S/C20H14N6O5/c27-19-16-17(20(28)26(19)12-4-2-1-3-5-12)25(24-22-16)9-15-21-18(23-31-15)11-6-7-13-14(8-11)30-10-29-13/h1-8,16-17H,9-10H2. The zero-order chi connectivity index (χ0) is 20.9. The van der Waals surface area contributed by atoms with Gasteiger partial charge in [-0.3, -0.25) is 14.6 Å². The highest BCUT2D eigenvalue weighted by Gasteiger charge is 2.55. The van der Waals surface area contributed by atoms with E-state index in [0.717, 1.165) is 4.90 Å². The number of amides is 2. The number of benzene rings is 2. The third-order valence-electron chi connectivity index (χ3n) is 5.27. The predicted octanol–water partition coefficient (Wildman–Crippen LogP) is 1.96. The van der Waals surface area contributed by atoms with Crippen molar-refractivity contribution in [2.75, 3.05) is 11.7 Å². The first-order chi connectivity index (χ1) is 15.2. The predicted molar refractivity (Wildman–Crippen MR) is 103 cm³/mol. The lowest BCUT2D eigenvalue weighted by Gasteiger charge is -2.19. The summed E-state index contributed by atoms with van der Waals surface area (Å²) in [6, 6.07) is 12.4. The van der Waals surface area contributed by atoms with Crippen molar-refractivity contribution in [3.05, 3.63) is 54.4 Å². The van der Waals surface area contributed by atoms with Gasteiger partial charge >= 0.3 is 0 Å². The summed E-state index contributed by atoms with van der Waals surface area (Å²) in [6.45, 7) is 0.218. The SMILES string of the molecule is O=C1C2N=NN(Cc3nc(-c4ccc5c(c4)OCO5)no3)C2C(=O)N1c1ccccc1. The maximum atomic E-state index is 13.0. The number of nitrogens with zero attached hydrogens (tertiary/aromatic N) is 6. The molecule has 1 fully saturated rings. The van der Waals surface area contributed by atoms with Crippen LogP contribution in [0.15, 0.2) is 63.4 Å². The second-order valence-electron chi connectivity index (χ2n) is 7.12. The Morgan fingerprint density at radius 1 is 1.00 bits per heavy atom. The first kappa shape index (κ1) is 17.6. The Labute approximate surface area is 174 Å². The van der Waals surface area contributed by atoms with Gasteiger partial charge in [-0.15, -0.1) is 0 Å². The van der Waals surface area contributed by atoms with Gasteiger partial charge in [-0.25, -0.2) is 4.90 Å². The van der Waals surface area contributed by atoms with Crippen LogP contribution in [0.25, 0.3) is 11.4 Å². The molecule has 1 saturated heterocycles. The van der Waals surface area contributed by atoms with Gasteiger partial charge in [0.15, 0.2) is 23.6 Å². The number of hydrogen-bond donors (Lipinski definition) is 0. The molecule has 0 radical (unpaired) electrons. The summed E-state index contributed by atoms with van der Waals surface area (Å²) in [5, 5.41) is 13.4. The summed E-state index contributed by atoms with van der Waals surface area (Å²) in [6.07, 6.45) is 0. The number of carbonyl (C=O) groups is 2. The number of rotatable bonds is 4. The quantitative estimate of drug-likeness (QED) is 0.589. The molecule has 11 heteroatoms. The molecule has 0 spiro atoms.